The van der Waals surface area contributed by atoms with Crippen molar-refractivity contribution in [2.75, 3.05) is 32.7 Å². The van der Waals surface area contributed by atoms with Crippen LogP contribution in [0, 0.1) is 5.92 Å². The fraction of sp³-hybridized carbons (Fsp3) is 0.600. The first kappa shape index (κ1) is 18.0. The average molecular weight is 350 g/mol. The molecule has 1 amide bonds. The summed E-state index contributed by atoms with van der Waals surface area (Å²) in [5, 5.41) is 0.451. The molecule has 0 bridgehead atoms. The second-order valence-corrected chi connectivity index (χ2v) is 6.15. The Bertz CT molecular complexity index is 536. The van der Waals surface area contributed by atoms with E-state index in [0.29, 0.717) is 43.3 Å². The smallest absolute Gasteiger partial charge is 0.337 e. The van der Waals surface area contributed by atoms with Gasteiger partial charge in [-0.2, -0.15) is 13.2 Å². The molecule has 0 saturated carbocycles. The molecule has 1 aromatic rings. The number of alkyl halides is 3. The van der Waals surface area contributed by atoms with E-state index >= 15 is 0 Å². The van der Waals surface area contributed by atoms with Gasteiger partial charge in [-0.1, -0.05) is 18.5 Å². The fourth-order valence-corrected chi connectivity index (χ4v) is 2.87. The Labute approximate surface area is 138 Å². The molecule has 128 valence electrons. The summed E-state index contributed by atoms with van der Waals surface area (Å²) in [6.45, 7) is 2.47. The lowest BCUT2D eigenvalue weighted by atomic mass is 10.1. The first-order valence-corrected chi connectivity index (χ1v) is 7.86. The average Bonchev–Trinajstić information content (AvgIpc) is 2.93. The number of carbonyl (C=O) groups is 1. The lowest BCUT2D eigenvalue weighted by Gasteiger charge is -2.25. The summed E-state index contributed by atoms with van der Waals surface area (Å²) in [5.74, 6) is -0.156. The van der Waals surface area contributed by atoms with E-state index in [-0.39, 0.29) is 11.8 Å². The molecule has 1 aliphatic rings. The van der Waals surface area contributed by atoms with Crippen LogP contribution < -0.4 is 0 Å². The molecule has 1 aliphatic heterocycles. The van der Waals surface area contributed by atoms with Crippen LogP contribution >= 0.6 is 11.6 Å². The van der Waals surface area contributed by atoms with Crippen molar-refractivity contribution in [2.24, 2.45) is 5.92 Å². The summed E-state index contributed by atoms with van der Waals surface area (Å²) >= 11 is 5.74. The normalized spacial score (nSPS) is 18.7. The fourth-order valence-electron chi connectivity index (χ4n) is 2.75. The van der Waals surface area contributed by atoms with E-state index in [0.717, 1.165) is 0 Å². The lowest BCUT2D eigenvalue weighted by molar-refractivity contribution is -0.146. The summed E-state index contributed by atoms with van der Waals surface area (Å²) < 4.78 is 37.5. The minimum Gasteiger partial charge on any atom is -0.337 e. The van der Waals surface area contributed by atoms with E-state index in [9.17, 15) is 18.0 Å². The van der Waals surface area contributed by atoms with Crippen LogP contribution in [0.15, 0.2) is 18.3 Å². The van der Waals surface area contributed by atoms with Crippen LogP contribution in [0.4, 0.5) is 13.2 Å². The Morgan fingerprint density at radius 3 is 2.78 bits per heavy atom. The number of hydrogen-bond donors (Lipinski definition) is 0. The van der Waals surface area contributed by atoms with Crippen LogP contribution in [0.25, 0.3) is 0 Å². The summed E-state index contributed by atoms with van der Waals surface area (Å²) in [7, 11) is 0. The van der Waals surface area contributed by atoms with Gasteiger partial charge < -0.3 is 4.90 Å². The first-order valence-electron chi connectivity index (χ1n) is 7.48. The molecule has 23 heavy (non-hydrogen) atoms. The van der Waals surface area contributed by atoms with Crippen LogP contribution in [-0.2, 0) is 0 Å². The molecule has 1 unspecified atom stereocenters. The number of rotatable bonds is 5. The Balaban J connectivity index is 1.90. The Morgan fingerprint density at radius 1 is 1.48 bits per heavy atom. The molecule has 0 aromatic carbocycles. The number of halogens is 4. The predicted molar refractivity (Wildman–Crippen MR) is 81.4 cm³/mol. The third kappa shape index (κ3) is 5.35. The van der Waals surface area contributed by atoms with Gasteiger partial charge in [-0.05, 0) is 31.0 Å². The molecule has 2 heterocycles. The van der Waals surface area contributed by atoms with E-state index < -0.39 is 12.7 Å². The maximum Gasteiger partial charge on any atom is 0.401 e. The van der Waals surface area contributed by atoms with Crippen molar-refractivity contribution < 1.29 is 18.0 Å². The molecule has 8 heteroatoms. The molecule has 1 aromatic heterocycles. The van der Waals surface area contributed by atoms with Crippen molar-refractivity contribution in [3.63, 3.8) is 0 Å². The van der Waals surface area contributed by atoms with Crippen molar-refractivity contribution in [3.8, 4) is 0 Å². The van der Waals surface area contributed by atoms with Crippen molar-refractivity contribution in [2.45, 2.75) is 19.5 Å². The molecular formula is C15H19ClF3N3O. The van der Waals surface area contributed by atoms with Crippen molar-refractivity contribution in [1.82, 2.24) is 14.8 Å². The zero-order valence-electron chi connectivity index (χ0n) is 12.8. The maximum absolute atomic E-state index is 12.5. The summed E-state index contributed by atoms with van der Waals surface area (Å²) in [5.41, 5.74) is 0.303. The number of nitrogens with zero attached hydrogens (tertiary/aromatic N) is 3. The van der Waals surface area contributed by atoms with E-state index in [1.54, 1.807) is 24.0 Å². The topological polar surface area (TPSA) is 36.4 Å². The third-order valence-electron chi connectivity index (χ3n) is 3.89. The van der Waals surface area contributed by atoms with Gasteiger partial charge in [-0.3, -0.25) is 9.69 Å². The van der Waals surface area contributed by atoms with Crippen LogP contribution in [0.5, 0.6) is 0 Å². The maximum atomic E-state index is 12.5. The van der Waals surface area contributed by atoms with Crippen LogP contribution in [0.2, 0.25) is 5.02 Å². The molecule has 0 radical (unpaired) electrons. The second kappa shape index (κ2) is 7.49. The molecule has 1 atom stereocenters. The molecule has 0 N–H and O–H groups in total. The highest BCUT2D eigenvalue weighted by molar-refractivity contribution is 6.30. The number of carbonyl (C=O) groups excluding carboxylic acids is 1. The van der Waals surface area contributed by atoms with E-state index in [1.807, 2.05) is 0 Å². The number of hydrogen-bond acceptors (Lipinski definition) is 3. The summed E-state index contributed by atoms with van der Waals surface area (Å²) in [4.78, 5) is 19.3. The largest absolute Gasteiger partial charge is 0.401 e. The van der Waals surface area contributed by atoms with Gasteiger partial charge in [-0.15, -0.1) is 0 Å². The van der Waals surface area contributed by atoms with E-state index in [4.69, 9.17) is 11.6 Å². The van der Waals surface area contributed by atoms with Crippen molar-refractivity contribution in [3.05, 3.63) is 29.0 Å². The second-order valence-electron chi connectivity index (χ2n) is 5.71. The number of pyridine rings is 1. The monoisotopic (exact) mass is 349 g/mol. The molecule has 1 fully saturated rings. The zero-order chi connectivity index (χ0) is 17.0. The van der Waals surface area contributed by atoms with Gasteiger partial charge in [0.25, 0.3) is 5.91 Å². The molecule has 4 nitrogen and oxygen atoms in total. The standard InChI is InChI=1S/C15H19ClF3N3O/c1-2-21(10-15(17,18)19)8-11-5-6-22(9-11)14(23)13-4-3-12(16)7-20-13/h3-4,7,11H,2,5-6,8-10H2,1H3. The number of amides is 1. The van der Waals surface area contributed by atoms with Gasteiger partial charge in [0.05, 0.1) is 11.6 Å². The SMILES string of the molecule is CCN(CC1CCN(C(=O)c2ccc(Cl)cn2)C1)CC(F)(F)F. The van der Waals surface area contributed by atoms with Crippen molar-refractivity contribution >= 4 is 17.5 Å². The number of likely N-dealkylation sites (tertiary alicyclic amines) is 1. The van der Waals surface area contributed by atoms with Crippen LogP contribution in [-0.4, -0.2) is 59.6 Å². The predicted octanol–water partition coefficient (Wildman–Crippen LogP) is 3.08. The van der Waals surface area contributed by atoms with Gasteiger partial charge in [-0.25, -0.2) is 4.98 Å². The lowest BCUT2D eigenvalue weighted by Crippen LogP contribution is -2.38. The van der Waals surface area contributed by atoms with Gasteiger partial charge in [0, 0.05) is 25.8 Å². The molecule has 0 spiro atoms. The van der Waals surface area contributed by atoms with Crippen LogP contribution in [0.3, 0.4) is 0 Å². The number of aromatic nitrogens is 1. The highest BCUT2D eigenvalue weighted by Crippen LogP contribution is 2.22. The van der Waals surface area contributed by atoms with E-state index in [2.05, 4.69) is 4.98 Å². The van der Waals surface area contributed by atoms with Gasteiger partial charge in [0.1, 0.15) is 5.69 Å². The molecule has 1 saturated heterocycles. The van der Waals surface area contributed by atoms with E-state index in [1.165, 1.54) is 11.1 Å². The van der Waals surface area contributed by atoms with Crippen molar-refractivity contribution in [1.29, 1.82) is 0 Å². The van der Waals surface area contributed by atoms with Crippen LogP contribution in [0.1, 0.15) is 23.8 Å². The Kier molecular flexibility index (Phi) is 5.86. The minimum atomic E-state index is -4.20. The Morgan fingerprint density at radius 2 is 2.22 bits per heavy atom. The third-order valence-corrected chi connectivity index (χ3v) is 4.11. The van der Waals surface area contributed by atoms with Gasteiger partial charge in [0.2, 0.25) is 0 Å². The Hall–Kier alpha value is -1.34. The quantitative estimate of drug-likeness (QED) is 0.819. The van der Waals surface area contributed by atoms with Gasteiger partial charge >= 0.3 is 6.18 Å². The minimum absolute atomic E-state index is 0.0496. The molecular weight excluding hydrogens is 331 g/mol. The summed E-state index contributed by atoms with van der Waals surface area (Å²) in [6, 6.07) is 3.15. The first-order chi connectivity index (χ1) is 10.8. The molecule has 2 rings (SSSR count). The molecule has 0 aliphatic carbocycles. The van der Waals surface area contributed by atoms with Gasteiger partial charge in [0.15, 0.2) is 0 Å². The highest BCUT2D eigenvalue weighted by Gasteiger charge is 2.33. The highest BCUT2D eigenvalue weighted by atomic mass is 35.5. The summed E-state index contributed by atoms with van der Waals surface area (Å²) in [6.07, 6.45) is -2.09. The zero-order valence-corrected chi connectivity index (χ0v) is 13.6.